The Morgan fingerprint density at radius 2 is 1.13 bits per heavy atom. The molecule has 0 saturated carbocycles. The maximum absolute atomic E-state index is 5.67. The van der Waals surface area contributed by atoms with Gasteiger partial charge in [-0.15, -0.1) is 0 Å². The fraction of sp³-hybridized carbons (Fsp3) is 0.0517. The second kappa shape index (κ2) is 13.0. The lowest BCUT2D eigenvalue weighted by molar-refractivity contribution is 0.660. The molecule has 0 amide bonds. The number of nitrogens with zero attached hydrogens (tertiary/aromatic N) is 4. The quantitative estimate of drug-likeness (QED) is 0.132. The van der Waals surface area contributed by atoms with E-state index in [-0.39, 0.29) is 5.41 Å². The van der Waals surface area contributed by atoms with Gasteiger partial charge in [0.05, 0.1) is 33.6 Å². The van der Waals surface area contributed by atoms with E-state index in [0.717, 1.165) is 83.1 Å². The Morgan fingerprint density at radius 1 is 0.403 bits per heavy atom. The predicted octanol–water partition coefficient (Wildman–Crippen LogP) is 14.9. The molecule has 0 spiro atoms. The number of hydrogen-bond donors (Lipinski definition) is 0. The van der Waals surface area contributed by atoms with Crippen molar-refractivity contribution in [3.63, 3.8) is 0 Å². The molecule has 4 heterocycles. The maximum atomic E-state index is 5.67. The first-order valence-electron chi connectivity index (χ1n) is 21.4. The van der Waals surface area contributed by atoms with Crippen LogP contribution in [0.25, 0.3) is 116 Å². The lowest BCUT2D eigenvalue weighted by Crippen LogP contribution is -2.15. The van der Waals surface area contributed by atoms with E-state index in [1.807, 2.05) is 0 Å². The SMILES string of the molecule is CC1(C)c2cc3ccc4c(-c5ccc(-c6c(-c7ccc8ccccc8c7)nc7ccccn67)cc5)cccc4c3nc2-c2c1ccc1c(-c3ccccc3)c3ccccc3nc21. The minimum Gasteiger partial charge on any atom is -0.299 e. The minimum absolute atomic E-state index is 0.242. The Morgan fingerprint density at radius 3 is 2.02 bits per heavy atom. The number of rotatable bonds is 4. The number of para-hydroxylation sites is 1. The molecule has 8 aromatic carbocycles. The number of aromatic nitrogens is 4. The van der Waals surface area contributed by atoms with E-state index in [0.29, 0.717) is 0 Å². The van der Waals surface area contributed by atoms with Crippen molar-refractivity contribution in [2.45, 2.75) is 19.3 Å². The summed E-state index contributed by atoms with van der Waals surface area (Å²) in [6.45, 7) is 4.66. The summed E-state index contributed by atoms with van der Waals surface area (Å²) >= 11 is 0. The highest BCUT2D eigenvalue weighted by Gasteiger charge is 2.39. The molecule has 0 atom stereocenters. The van der Waals surface area contributed by atoms with Crippen molar-refractivity contribution >= 4 is 59.9 Å². The molecule has 0 N–H and O–H groups in total. The van der Waals surface area contributed by atoms with E-state index in [4.69, 9.17) is 15.0 Å². The molecule has 0 fully saturated rings. The van der Waals surface area contributed by atoms with Gasteiger partial charge < -0.3 is 0 Å². The summed E-state index contributed by atoms with van der Waals surface area (Å²) in [6, 6.07) is 67.8. The van der Waals surface area contributed by atoms with Gasteiger partial charge in [-0.3, -0.25) is 4.40 Å². The summed E-state index contributed by atoms with van der Waals surface area (Å²) in [5.41, 5.74) is 17.4. The average Bonchev–Trinajstić information content (AvgIpc) is 3.82. The van der Waals surface area contributed by atoms with Crippen LogP contribution in [0.1, 0.15) is 25.0 Å². The van der Waals surface area contributed by atoms with Gasteiger partial charge in [0.15, 0.2) is 0 Å². The molecule has 12 aromatic rings. The zero-order valence-electron chi connectivity index (χ0n) is 34.3. The molecule has 4 heteroatoms. The molecule has 1 aliphatic carbocycles. The Balaban J connectivity index is 0.964. The van der Waals surface area contributed by atoms with Crippen molar-refractivity contribution in [2.75, 3.05) is 0 Å². The highest BCUT2D eigenvalue weighted by atomic mass is 15.0. The third-order valence-corrected chi connectivity index (χ3v) is 13.4. The fourth-order valence-corrected chi connectivity index (χ4v) is 10.3. The van der Waals surface area contributed by atoms with Crippen LogP contribution < -0.4 is 0 Å². The molecule has 62 heavy (non-hydrogen) atoms. The van der Waals surface area contributed by atoms with Crippen molar-refractivity contribution in [1.29, 1.82) is 0 Å². The van der Waals surface area contributed by atoms with E-state index >= 15 is 0 Å². The first-order valence-corrected chi connectivity index (χ1v) is 21.4. The Kier molecular flexibility index (Phi) is 7.32. The average molecular weight is 791 g/mol. The Bertz CT molecular complexity index is 3820. The van der Waals surface area contributed by atoms with E-state index in [1.165, 1.54) is 44.0 Å². The number of imidazole rings is 1. The van der Waals surface area contributed by atoms with Crippen LogP contribution in [-0.4, -0.2) is 19.4 Å². The zero-order chi connectivity index (χ0) is 41.1. The molecule has 0 aliphatic heterocycles. The summed E-state index contributed by atoms with van der Waals surface area (Å²) in [7, 11) is 0. The molecule has 0 saturated heterocycles. The van der Waals surface area contributed by atoms with Crippen LogP contribution in [-0.2, 0) is 5.41 Å². The van der Waals surface area contributed by atoms with Crippen molar-refractivity contribution < 1.29 is 0 Å². The molecule has 4 nitrogen and oxygen atoms in total. The van der Waals surface area contributed by atoms with Gasteiger partial charge in [-0.2, -0.15) is 0 Å². The molecule has 4 aromatic heterocycles. The van der Waals surface area contributed by atoms with E-state index < -0.39 is 0 Å². The molecule has 1 aliphatic rings. The van der Waals surface area contributed by atoms with Crippen LogP contribution in [0.5, 0.6) is 0 Å². The highest BCUT2D eigenvalue weighted by molar-refractivity contribution is 6.16. The van der Waals surface area contributed by atoms with Crippen LogP contribution in [0.3, 0.4) is 0 Å². The molecule has 0 bridgehead atoms. The molecule has 0 radical (unpaired) electrons. The summed E-state index contributed by atoms with van der Waals surface area (Å²) in [4.78, 5) is 16.3. The third-order valence-electron chi connectivity index (χ3n) is 13.4. The standard InChI is InChI=1S/C58H38N4/c1-58(2)47-31-30-46-51(37-14-4-3-5-15-37)45-17-8-9-20-49(45)59-55(46)52(47)56-48(58)34-41-28-29-43-42(18-12-19-44(43)53(41)61-56)36-23-25-38(26-24-36)57-54(60-50-21-10-11-32-62(50)57)40-27-22-35-13-6-7-16-39(35)33-40/h3-34H,1-2H3. The van der Waals surface area contributed by atoms with Crippen molar-refractivity contribution in [3.05, 3.63) is 205 Å². The highest BCUT2D eigenvalue weighted by Crippen LogP contribution is 2.53. The van der Waals surface area contributed by atoms with Gasteiger partial charge in [0.25, 0.3) is 0 Å². The largest absolute Gasteiger partial charge is 0.299 e. The number of benzene rings is 8. The van der Waals surface area contributed by atoms with Crippen LogP contribution >= 0.6 is 0 Å². The lowest BCUT2D eigenvalue weighted by Gasteiger charge is -2.22. The van der Waals surface area contributed by atoms with Crippen LogP contribution in [0, 0.1) is 0 Å². The molecule has 290 valence electrons. The van der Waals surface area contributed by atoms with Crippen LogP contribution in [0.15, 0.2) is 194 Å². The van der Waals surface area contributed by atoms with Crippen molar-refractivity contribution in [1.82, 2.24) is 19.4 Å². The second-order valence-corrected chi connectivity index (χ2v) is 17.2. The fourth-order valence-electron chi connectivity index (χ4n) is 10.3. The molecule has 0 unspecified atom stereocenters. The van der Waals surface area contributed by atoms with Gasteiger partial charge in [0.1, 0.15) is 5.65 Å². The van der Waals surface area contributed by atoms with E-state index in [1.54, 1.807) is 0 Å². The summed E-state index contributed by atoms with van der Waals surface area (Å²) in [5.74, 6) is 0. The normalized spacial score (nSPS) is 13.1. The van der Waals surface area contributed by atoms with Crippen LogP contribution in [0.4, 0.5) is 0 Å². The minimum atomic E-state index is -0.242. The van der Waals surface area contributed by atoms with Crippen LogP contribution in [0.2, 0.25) is 0 Å². The second-order valence-electron chi connectivity index (χ2n) is 17.2. The third kappa shape index (κ3) is 5.04. The lowest BCUT2D eigenvalue weighted by atomic mass is 9.81. The van der Waals surface area contributed by atoms with Crippen molar-refractivity contribution in [2.24, 2.45) is 0 Å². The summed E-state index contributed by atoms with van der Waals surface area (Å²) < 4.78 is 2.21. The summed E-state index contributed by atoms with van der Waals surface area (Å²) in [6.07, 6.45) is 2.11. The first kappa shape index (κ1) is 34.9. The van der Waals surface area contributed by atoms with E-state index in [2.05, 4.69) is 213 Å². The van der Waals surface area contributed by atoms with Gasteiger partial charge in [-0.05, 0) is 74.3 Å². The first-order chi connectivity index (χ1) is 30.5. The summed E-state index contributed by atoms with van der Waals surface area (Å²) in [5, 5.41) is 8.20. The zero-order valence-corrected chi connectivity index (χ0v) is 34.3. The number of fused-ring (bicyclic) bond motifs is 11. The molecular formula is C58H38N4. The Hall–Kier alpha value is -7.95. The van der Waals surface area contributed by atoms with Gasteiger partial charge in [-0.1, -0.05) is 172 Å². The predicted molar refractivity (Wildman–Crippen MR) is 258 cm³/mol. The monoisotopic (exact) mass is 790 g/mol. The topological polar surface area (TPSA) is 43.1 Å². The van der Waals surface area contributed by atoms with Gasteiger partial charge >= 0.3 is 0 Å². The van der Waals surface area contributed by atoms with Gasteiger partial charge in [-0.25, -0.2) is 15.0 Å². The molecule has 13 rings (SSSR count). The van der Waals surface area contributed by atoms with Gasteiger partial charge in [0, 0.05) is 55.4 Å². The number of pyridine rings is 3. The smallest absolute Gasteiger partial charge is 0.137 e. The van der Waals surface area contributed by atoms with Crippen molar-refractivity contribution in [3.8, 4) is 56.0 Å². The van der Waals surface area contributed by atoms with Gasteiger partial charge in [0.2, 0.25) is 0 Å². The molecular weight excluding hydrogens is 753 g/mol. The van der Waals surface area contributed by atoms with E-state index in [9.17, 15) is 0 Å². The maximum Gasteiger partial charge on any atom is 0.137 e. The Labute approximate surface area is 358 Å². The number of hydrogen-bond acceptors (Lipinski definition) is 3.